The van der Waals surface area contributed by atoms with Gasteiger partial charge in [0.2, 0.25) is 0 Å². The van der Waals surface area contributed by atoms with Crippen molar-refractivity contribution in [1.29, 1.82) is 0 Å². The minimum absolute atomic E-state index is 0.125. The molecule has 0 radical (unpaired) electrons. The molecule has 0 unspecified atom stereocenters. The first-order valence-corrected chi connectivity index (χ1v) is 5.05. The van der Waals surface area contributed by atoms with Gasteiger partial charge in [-0.1, -0.05) is 30.3 Å². The number of aliphatic carboxylic acids is 1. The van der Waals surface area contributed by atoms with Gasteiger partial charge >= 0.3 is 5.97 Å². The normalized spacial score (nSPS) is 26.3. The molecule has 2 nitrogen and oxygen atoms in total. The average molecular weight is 190 g/mol. The van der Waals surface area contributed by atoms with Crippen molar-refractivity contribution in [2.45, 2.75) is 25.2 Å². The third-order valence-corrected chi connectivity index (χ3v) is 3.05. The molecule has 0 amide bonds. The molecule has 2 atom stereocenters. The van der Waals surface area contributed by atoms with E-state index in [9.17, 15) is 4.79 Å². The molecule has 1 aliphatic carbocycles. The predicted molar refractivity (Wildman–Crippen MR) is 54.2 cm³/mol. The number of carboxylic acids is 1. The minimum atomic E-state index is -0.636. The maximum atomic E-state index is 10.8. The van der Waals surface area contributed by atoms with Gasteiger partial charge in [-0.15, -0.1) is 0 Å². The quantitative estimate of drug-likeness (QED) is 0.778. The van der Waals surface area contributed by atoms with Crippen molar-refractivity contribution in [2.75, 3.05) is 0 Å². The standard InChI is InChI=1S/C12H14O2/c13-12(14)11-7-6-10(8-11)9-4-2-1-3-5-9/h1-5,10-11H,6-8H2,(H,13,14)/t10-,11-/m0/s1. The van der Waals surface area contributed by atoms with Crippen LogP contribution in [-0.4, -0.2) is 11.1 Å². The second-order valence-corrected chi connectivity index (χ2v) is 3.96. The lowest BCUT2D eigenvalue weighted by molar-refractivity contribution is -0.141. The van der Waals surface area contributed by atoms with E-state index in [1.54, 1.807) is 0 Å². The summed E-state index contributed by atoms with van der Waals surface area (Å²) in [6, 6.07) is 10.2. The van der Waals surface area contributed by atoms with Crippen molar-refractivity contribution in [3.8, 4) is 0 Å². The number of rotatable bonds is 2. The summed E-state index contributed by atoms with van der Waals surface area (Å²) in [6.45, 7) is 0. The molecule has 0 spiro atoms. The van der Waals surface area contributed by atoms with Crippen molar-refractivity contribution >= 4 is 5.97 Å². The highest BCUT2D eigenvalue weighted by Crippen LogP contribution is 2.38. The molecule has 1 N–H and O–H groups in total. The summed E-state index contributed by atoms with van der Waals surface area (Å²) >= 11 is 0. The van der Waals surface area contributed by atoms with Gasteiger partial charge in [0.1, 0.15) is 0 Å². The highest BCUT2D eigenvalue weighted by molar-refractivity contribution is 5.70. The van der Waals surface area contributed by atoms with E-state index in [4.69, 9.17) is 5.11 Å². The lowest BCUT2D eigenvalue weighted by Crippen LogP contribution is -2.09. The fourth-order valence-corrected chi connectivity index (χ4v) is 2.23. The molecule has 0 heterocycles. The molecule has 1 aromatic rings. The summed E-state index contributed by atoms with van der Waals surface area (Å²) in [5.74, 6) is -0.305. The molecular weight excluding hydrogens is 176 g/mol. The van der Waals surface area contributed by atoms with Gasteiger partial charge in [-0.05, 0) is 30.7 Å². The summed E-state index contributed by atoms with van der Waals surface area (Å²) in [5.41, 5.74) is 1.29. The number of hydrogen-bond acceptors (Lipinski definition) is 1. The predicted octanol–water partition coefficient (Wildman–Crippen LogP) is 2.65. The average Bonchev–Trinajstić information content (AvgIpc) is 2.68. The van der Waals surface area contributed by atoms with Gasteiger partial charge in [0.05, 0.1) is 5.92 Å². The molecule has 0 aromatic heterocycles. The first kappa shape index (κ1) is 9.25. The van der Waals surface area contributed by atoms with Crippen LogP contribution in [0.1, 0.15) is 30.7 Å². The van der Waals surface area contributed by atoms with Gasteiger partial charge in [-0.25, -0.2) is 0 Å². The topological polar surface area (TPSA) is 37.3 Å². The number of carboxylic acid groups (broad SMARTS) is 1. The molecule has 0 saturated heterocycles. The third kappa shape index (κ3) is 1.79. The first-order chi connectivity index (χ1) is 6.77. The fourth-order valence-electron chi connectivity index (χ4n) is 2.23. The third-order valence-electron chi connectivity index (χ3n) is 3.05. The molecule has 2 heteroatoms. The largest absolute Gasteiger partial charge is 0.481 e. The van der Waals surface area contributed by atoms with Gasteiger partial charge in [-0.2, -0.15) is 0 Å². The fraction of sp³-hybridized carbons (Fsp3) is 0.417. The smallest absolute Gasteiger partial charge is 0.306 e. The molecule has 1 saturated carbocycles. The van der Waals surface area contributed by atoms with Crippen molar-refractivity contribution in [2.24, 2.45) is 5.92 Å². The van der Waals surface area contributed by atoms with Crippen LogP contribution in [0, 0.1) is 5.92 Å². The molecular formula is C12H14O2. The summed E-state index contributed by atoms with van der Waals surface area (Å²) in [7, 11) is 0. The zero-order chi connectivity index (χ0) is 9.97. The van der Waals surface area contributed by atoms with Crippen LogP contribution in [0.3, 0.4) is 0 Å². The van der Waals surface area contributed by atoms with Gasteiger partial charge in [-0.3, -0.25) is 4.79 Å². The Kier molecular flexibility index (Phi) is 2.53. The molecule has 2 rings (SSSR count). The van der Waals surface area contributed by atoms with Crippen LogP contribution >= 0.6 is 0 Å². The van der Waals surface area contributed by atoms with Gasteiger partial charge in [0.15, 0.2) is 0 Å². The first-order valence-electron chi connectivity index (χ1n) is 5.05. The van der Waals surface area contributed by atoms with Crippen molar-refractivity contribution < 1.29 is 9.90 Å². The number of hydrogen-bond donors (Lipinski definition) is 1. The van der Waals surface area contributed by atoms with Crippen LogP contribution in [0.15, 0.2) is 30.3 Å². The maximum Gasteiger partial charge on any atom is 0.306 e. The molecule has 74 valence electrons. The Labute approximate surface area is 83.6 Å². The van der Waals surface area contributed by atoms with Crippen LogP contribution < -0.4 is 0 Å². The molecule has 0 aliphatic heterocycles. The highest BCUT2D eigenvalue weighted by Gasteiger charge is 2.30. The second-order valence-electron chi connectivity index (χ2n) is 3.96. The van der Waals surface area contributed by atoms with Gasteiger partial charge in [0, 0.05) is 0 Å². The molecule has 1 aliphatic rings. The van der Waals surface area contributed by atoms with E-state index in [1.165, 1.54) is 5.56 Å². The molecule has 0 bridgehead atoms. The zero-order valence-corrected chi connectivity index (χ0v) is 8.02. The monoisotopic (exact) mass is 190 g/mol. The van der Waals surface area contributed by atoms with E-state index in [0.717, 1.165) is 19.3 Å². The van der Waals surface area contributed by atoms with E-state index in [2.05, 4.69) is 12.1 Å². The van der Waals surface area contributed by atoms with Crippen LogP contribution in [-0.2, 0) is 4.79 Å². The van der Waals surface area contributed by atoms with Crippen LogP contribution in [0.4, 0.5) is 0 Å². The Hall–Kier alpha value is -1.31. The van der Waals surface area contributed by atoms with Crippen molar-refractivity contribution in [3.05, 3.63) is 35.9 Å². The summed E-state index contributed by atoms with van der Waals surface area (Å²) in [5, 5.41) is 8.88. The summed E-state index contributed by atoms with van der Waals surface area (Å²) in [4.78, 5) is 10.8. The van der Waals surface area contributed by atoms with E-state index in [1.807, 2.05) is 18.2 Å². The van der Waals surface area contributed by atoms with Crippen LogP contribution in [0.25, 0.3) is 0 Å². The summed E-state index contributed by atoms with van der Waals surface area (Å²) in [6.07, 6.45) is 2.65. The maximum absolute atomic E-state index is 10.8. The van der Waals surface area contributed by atoms with Gasteiger partial charge < -0.3 is 5.11 Å². The Morgan fingerprint density at radius 2 is 1.93 bits per heavy atom. The number of carbonyl (C=O) groups is 1. The van der Waals surface area contributed by atoms with E-state index < -0.39 is 5.97 Å². The van der Waals surface area contributed by atoms with Gasteiger partial charge in [0.25, 0.3) is 0 Å². The Balaban J connectivity index is 2.06. The Morgan fingerprint density at radius 1 is 1.21 bits per heavy atom. The second kappa shape index (κ2) is 3.82. The van der Waals surface area contributed by atoms with Crippen molar-refractivity contribution in [1.82, 2.24) is 0 Å². The lowest BCUT2D eigenvalue weighted by Gasteiger charge is -2.08. The number of benzene rings is 1. The Bertz CT molecular complexity index is 318. The summed E-state index contributed by atoms with van der Waals surface area (Å²) < 4.78 is 0. The van der Waals surface area contributed by atoms with Crippen LogP contribution in [0.2, 0.25) is 0 Å². The zero-order valence-electron chi connectivity index (χ0n) is 8.02. The van der Waals surface area contributed by atoms with E-state index in [0.29, 0.717) is 5.92 Å². The van der Waals surface area contributed by atoms with Crippen molar-refractivity contribution in [3.63, 3.8) is 0 Å². The molecule has 14 heavy (non-hydrogen) atoms. The van der Waals surface area contributed by atoms with Crippen LogP contribution in [0.5, 0.6) is 0 Å². The SMILES string of the molecule is O=C(O)[C@H]1CC[C@H](c2ccccc2)C1. The lowest BCUT2D eigenvalue weighted by atomic mass is 9.96. The minimum Gasteiger partial charge on any atom is -0.481 e. The van der Waals surface area contributed by atoms with E-state index in [-0.39, 0.29) is 5.92 Å². The Morgan fingerprint density at radius 3 is 2.50 bits per heavy atom. The molecule has 1 aromatic carbocycles. The molecule has 1 fully saturated rings. The van der Waals surface area contributed by atoms with E-state index >= 15 is 0 Å². The highest BCUT2D eigenvalue weighted by atomic mass is 16.4.